The summed E-state index contributed by atoms with van der Waals surface area (Å²) in [4.78, 5) is 18.9. The average Bonchev–Trinajstić information content (AvgIpc) is 2.71. The Morgan fingerprint density at radius 2 is 2.22 bits per heavy atom. The smallest absolute Gasteiger partial charge is 0.309 e. The predicted molar refractivity (Wildman–Crippen MR) is 71.6 cm³/mol. The maximum absolute atomic E-state index is 11.8. The number of rotatable bonds is 2. The summed E-state index contributed by atoms with van der Waals surface area (Å²) in [6, 6.07) is 0.355. The predicted octanol–water partition coefficient (Wildman–Crippen LogP) is 2.09. The Morgan fingerprint density at radius 3 is 2.83 bits per heavy atom. The van der Waals surface area contributed by atoms with Crippen molar-refractivity contribution in [1.29, 1.82) is 0 Å². The lowest BCUT2D eigenvalue weighted by molar-refractivity contribution is -0.148. The summed E-state index contributed by atoms with van der Waals surface area (Å²) in [6.07, 6.45) is 1.65. The van der Waals surface area contributed by atoms with Crippen molar-refractivity contribution >= 4 is 11.8 Å². The van der Waals surface area contributed by atoms with Crippen LogP contribution in [-0.4, -0.2) is 42.4 Å². The number of piperidine rings is 1. The van der Waals surface area contributed by atoms with Crippen molar-refractivity contribution in [3.63, 3.8) is 0 Å². The van der Waals surface area contributed by atoms with Crippen LogP contribution in [0, 0.1) is 11.3 Å². The first kappa shape index (κ1) is 13.4. The molecule has 2 atom stereocenters. The quantitative estimate of drug-likeness (QED) is 0.707. The number of hydrogen-bond acceptors (Lipinski definition) is 4. The lowest BCUT2D eigenvalue weighted by Gasteiger charge is -2.31. The zero-order valence-electron chi connectivity index (χ0n) is 11.9. The molecule has 0 bridgehead atoms. The summed E-state index contributed by atoms with van der Waals surface area (Å²) in [5.41, 5.74) is 0.198. The second-order valence-corrected chi connectivity index (χ2v) is 6.31. The van der Waals surface area contributed by atoms with Crippen molar-refractivity contribution in [3.8, 4) is 0 Å². The third kappa shape index (κ3) is 2.68. The monoisotopic (exact) mass is 252 g/mol. The first-order chi connectivity index (χ1) is 8.41. The highest BCUT2D eigenvalue weighted by Crippen LogP contribution is 2.32. The molecule has 2 aliphatic heterocycles. The highest BCUT2D eigenvalue weighted by molar-refractivity contribution is 5.89. The molecule has 0 aliphatic carbocycles. The molecule has 0 aromatic carbocycles. The van der Waals surface area contributed by atoms with Gasteiger partial charge in [0.2, 0.25) is 0 Å². The molecular weight excluding hydrogens is 228 g/mol. The minimum Gasteiger partial charge on any atom is -0.466 e. The van der Waals surface area contributed by atoms with E-state index in [2.05, 4.69) is 25.7 Å². The van der Waals surface area contributed by atoms with Gasteiger partial charge in [0, 0.05) is 19.5 Å². The van der Waals surface area contributed by atoms with Crippen LogP contribution in [0.4, 0.5) is 0 Å². The highest BCUT2D eigenvalue weighted by atomic mass is 16.5. The molecule has 2 unspecified atom stereocenters. The molecule has 0 aromatic rings. The lowest BCUT2D eigenvalue weighted by atomic mass is 9.87. The molecule has 0 amide bonds. The van der Waals surface area contributed by atoms with Gasteiger partial charge in [-0.05, 0) is 18.8 Å². The molecule has 4 nitrogen and oxygen atoms in total. The van der Waals surface area contributed by atoms with Crippen LogP contribution in [0.5, 0.6) is 0 Å². The van der Waals surface area contributed by atoms with Gasteiger partial charge in [0.1, 0.15) is 5.84 Å². The molecule has 1 saturated heterocycles. The van der Waals surface area contributed by atoms with E-state index >= 15 is 0 Å². The highest BCUT2D eigenvalue weighted by Gasteiger charge is 2.38. The second-order valence-electron chi connectivity index (χ2n) is 6.31. The molecule has 0 aromatic heterocycles. The van der Waals surface area contributed by atoms with Gasteiger partial charge in [-0.3, -0.25) is 9.79 Å². The van der Waals surface area contributed by atoms with E-state index in [0.717, 1.165) is 31.8 Å². The Bertz CT molecular complexity index is 357. The van der Waals surface area contributed by atoms with Crippen LogP contribution in [0.15, 0.2) is 4.99 Å². The summed E-state index contributed by atoms with van der Waals surface area (Å²) in [6.45, 7) is 10.9. The van der Waals surface area contributed by atoms with Crippen molar-refractivity contribution in [3.05, 3.63) is 0 Å². The van der Waals surface area contributed by atoms with Crippen LogP contribution in [-0.2, 0) is 9.53 Å². The van der Waals surface area contributed by atoms with Gasteiger partial charge >= 0.3 is 5.97 Å². The van der Waals surface area contributed by atoms with E-state index in [4.69, 9.17) is 9.73 Å². The van der Waals surface area contributed by atoms with E-state index in [1.165, 1.54) is 0 Å². The van der Waals surface area contributed by atoms with Gasteiger partial charge in [-0.15, -0.1) is 0 Å². The zero-order chi connectivity index (χ0) is 13.3. The van der Waals surface area contributed by atoms with Crippen molar-refractivity contribution in [2.75, 3.05) is 19.7 Å². The third-order valence-corrected chi connectivity index (χ3v) is 3.86. The standard InChI is InChI=1S/C14H24N2O2/c1-5-18-13(17)10-6-7-16-9-11(14(2,3)4)15-12(16)8-10/h10-11H,5-9H2,1-4H3. The first-order valence-corrected chi connectivity index (χ1v) is 6.90. The summed E-state index contributed by atoms with van der Waals surface area (Å²) in [5, 5.41) is 0. The Balaban J connectivity index is 2.02. The van der Waals surface area contributed by atoms with E-state index in [1.807, 2.05) is 6.92 Å². The van der Waals surface area contributed by atoms with Crippen LogP contribution < -0.4 is 0 Å². The number of hydrogen-bond donors (Lipinski definition) is 0. The van der Waals surface area contributed by atoms with Crippen LogP contribution >= 0.6 is 0 Å². The molecule has 2 aliphatic rings. The van der Waals surface area contributed by atoms with Gasteiger partial charge in [0.25, 0.3) is 0 Å². The zero-order valence-corrected chi connectivity index (χ0v) is 11.9. The molecule has 2 rings (SSSR count). The van der Waals surface area contributed by atoms with Gasteiger partial charge in [-0.2, -0.15) is 0 Å². The molecular formula is C14H24N2O2. The fourth-order valence-corrected chi connectivity index (χ4v) is 2.58. The lowest BCUT2D eigenvalue weighted by Crippen LogP contribution is -2.40. The van der Waals surface area contributed by atoms with Gasteiger partial charge in [0.15, 0.2) is 0 Å². The number of amidine groups is 1. The fraction of sp³-hybridized carbons (Fsp3) is 0.857. The van der Waals surface area contributed by atoms with Crippen molar-refractivity contribution in [2.45, 2.75) is 46.6 Å². The van der Waals surface area contributed by atoms with Crippen molar-refractivity contribution < 1.29 is 9.53 Å². The minimum absolute atomic E-state index is 0.0127. The third-order valence-electron chi connectivity index (χ3n) is 3.86. The van der Waals surface area contributed by atoms with E-state index < -0.39 is 0 Å². The van der Waals surface area contributed by atoms with Gasteiger partial charge in [0.05, 0.1) is 18.6 Å². The van der Waals surface area contributed by atoms with Gasteiger partial charge in [-0.25, -0.2) is 0 Å². The van der Waals surface area contributed by atoms with Crippen molar-refractivity contribution in [1.82, 2.24) is 4.90 Å². The fourth-order valence-electron chi connectivity index (χ4n) is 2.58. The summed E-state index contributed by atoms with van der Waals surface area (Å²) in [7, 11) is 0. The van der Waals surface area contributed by atoms with Gasteiger partial charge < -0.3 is 9.64 Å². The van der Waals surface area contributed by atoms with E-state index in [1.54, 1.807) is 0 Å². The maximum atomic E-state index is 11.8. The number of esters is 1. The largest absolute Gasteiger partial charge is 0.466 e. The topological polar surface area (TPSA) is 41.9 Å². The van der Waals surface area contributed by atoms with Crippen molar-refractivity contribution in [2.24, 2.45) is 16.3 Å². The molecule has 0 radical (unpaired) electrons. The number of carbonyl (C=O) groups excluding carboxylic acids is 1. The number of carbonyl (C=O) groups is 1. The molecule has 0 spiro atoms. The minimum atomic E-state index is -0.0564. The van der Waals surface area contributed by atoms with E-state index in [9.17, 15) is 4.79 Å². The summed E-state index contributed by atoms with van der Waals surface area (Å²) < 4.78 is 5.11. The number of fused-ring (bicyclic) bond motifs is 1. The summed E-state index contributed by atoms with van der Waals surface area (Å²) >= 11 is 0. The van der Waals surface area contributed by atoms with Crippen LogP contribution in [0.1, 0.15) is 40.5 Å². The molecule has 18 heavy (non-hydrogen) atoms. The Hall–Kier alpha value is -1.06. The number of ether oxygens (including phenoxy) is 1. The normalized spacial score (nSPS) is 27.8. The Labute approximate surface area is 109 Å². The Morgan fingerprint density at radius 1 is 1.50 bits per heavy atom. The number of aliphatic imine (C=N–C) groups is 1. The SMILES string of the molecule is CCOC(=O)C1CCN2CC(C(C)(C)C)N=C2C1. The van der Waals surface area contributed by atoms with Gasteiger partial charge in [-0.1, -0.05) is 20.8 Å². The molecule has 4 heteroatoms. The molecule has 0 saturated carbocycles. The first-order valence-electron chi connectivity index (χ1n) is 6.90. The van der Waals surface area contributed by atoms with Crippen LogP contribution in [0.2, 0.25) is 0 Å². The average molecular weight is 252 g/mol. The molecule has 102 valence electrons. The van der Waals surface area contributed by atoms with Crippen LogP contribution in [0.25, 0.3) is 0 Å². The summed E-state index contributed by atoms with van der Waals surface area (Å²) in [5.74, 6) is 1.07. The number of nitrogens with zero attached hydrogens (tertiary/aromatic N) is 2. The van der Waals surface area contributed by atoms with E-state index in [-0.39, 0.29) is 17.3 Å². The van der Waals surface area contributed by atoms with E-state index in [0.29, 0.717) is 12.6 Å². The molecule has 1 fully saturated rings. The Kier molecular flexibility index (Phi) is 3.64. The molecule has 2 heterocycles. The second kappa shape index (κ2) is 4.90. The van der Waals surface area contributed by atoms with Crippen LogP contribution in [0.3, 0.4) is 0 Å². The molecule has 0 N–H and O–H groups in total. The maximum Gasteiger partial charge on any atom is 0.309 e.